The zero-order chi connectivity index (χ0) is 16.2. The van der Waals surface area contributed by atoms with Crippen LogP contribution in [0.1, 0.15) is 12.5 Å². The molecule has 1 aromatic rings. The van der Waals surface area contributed by atoms with Gasteiger partial charge in [0.25, 0.3) is 0 Å². The van der Waals surface area contributed by atoms with Gasteiger partial charge in [-0.1, -0.05) is 0 Å². The lowest BCUT2D eigenvalue weighted by molar-refractivity contribution is -0.137. The summed E-state index contributed by atoms with van der Waals surface area (Å²) in [6, 6.07) is 1.71. The number of amides is 1. The first-order valence-electron chi connectivity index (χ1n) is 6.20. The largest absolute Gasteiger partial charge is 0.416 e. The summed E-state index contributed by atoms with van der Waals surface area (Å²) in [4.78, 5) is 18.5. The van der Waals surface area contributed by atoms with E-state index in [0.717, 1.165) is 12.1 Å². The smallest absolute Gasteiger partial charge is 0.347 e. The predicted octanol–water partition coefficient (Wildman–Crippen LogP) is 1.30. The molecule has 0 aliphatic carbocycles. The van der Waals surface area contributed by atoms with E-state index in [9.17, 15) is 18.0 Å². The average Bonchev–Trinajstić information content (AvgIpc) is 2.42. The molecule has 9 heteroatoms. The summed E-state index contributed by atoms with van der Waals surface area (Å²) in [6.07, 6.45) is -4.52. The number of nitrogens with zero attached hydrogens (tertiary/aromatic N) is 3. The maximum atomic E-state index is 12.9. The Labute approximate surface area is 120 Å². The van der Waals surface area contributed by atoms with Gasteiger partial charge in [0.1, 0.15) is 11.6 Å². The molecule has 0 aliphatic rings. The van der Waals surface area contributed by atoms with E-state index in [1.54, 1.807) is 21.0 Å². The number of alkyl halides is 3. The van der Waals surface area contributed by atoms with Gasteiger partial charge < -0.3 is 15.2 Å². The van der Waals surface area contributed by atoms with E-state index in [4.69, 9.17) is 5.84 Å². The number of carbonyl (C=O) groups excluding carboxylic acids is 1. The van der Waals surface area contributed by atoms with Crippen molar-refractivity contribution in [3.63, 3.8) is 0 Å². The van der Waals surface area contributed by atoms with E-state index in [-0.39, 0.29) is 24.1 Å². The number of nitrogens with two attached hydrogens (primary N) is 1. The third-order valence-electron chi connectivity index (χ3n) is 2.82. The summed E-state index contributed by atoms with van der Waals surface area (Å²) in [5, 5.41) is 0. The van der Waals surface area contributed by atoms with Crippen molar-refractivity contribution in [1.82, 2.24) is 9.88 Å². The third kappa shape index (κ3) is 4.48. The highest BCUT2D eigenvalue weighted by atomic mass is 19.4. The van der Waals surface area contributed by atoms with Crippen LogP contribution in [0.4, 0.5) is 24.8 Å². The Hall–Kier alpha value is -2.03. The van der Waals surface area contributed by atoms with Gasteiger partial charge in [0, 0.05) is 20.6 Å². The van der Waals surface area contributed by atoms with Gasteiger partial charge in [0.05, 0.1) is 12.1 Å². The van der Waals surface area contributed by atoms with Crippen LogP contribution in [0.25, 0.3) is 0 Å². The summed E-state index contributed by atoms with van der Waals surface area (Å²) >= 11 is 0. The lowest BCUT2D eigenvalue weighted by atomic mass is 10.2. The van der Waals surface area contributed by atoms with Crippen molar-refractivity contribution in [1.29, 1.82) is 0 Å². The zero-order valence-electron chi connectivity index (χ0n) is 12.0. The van der Waals surface area contributed by atoms with Crippen LogP contribution in [0.3, 0.4) is 0 Å². The predicted molar refractivity (Wildman–Crippen MR) is 73.6 cm³/mol. The highest BCUT2D eigenvalue weighted by Crippen LogP contribution is 2.32. The van der Waals surface area contributed by atoms with Gasteiger partial charge >= 0.3 is 6.18 Å². The molecular formula is C12H18F3N5O. The first kappa shape index (κ1) is 17.0. The first-order chi connectivity index (χ1) is 9.68. The van der Waals surface area contributed by atoms with Crippen molar-refractivity contribution in [2.45, 2.75) is 13.1 Å². The number of likely N-dealkylation sites (N-methyl/N-ethyl adjacent to an activating group) is 2. The fraction of sp³-hybridized carbons (Fsp3) is 0.500. The van der Waals surface area contributed by atoms with Crippen molar-refractivity contribution < 1.29 is 18.0 Å². The molecular weight excluding hydrogens is 287 g/mol. The van der Waals surface area contributed by atoms with E-state index in [0.29, 0.717) is 6.54 Å². The van der Waals surface area contributed by atoms with Gasteiger partial charge in [-0.05, 0) is 19.1 Å². The standard InChI is InChI=1S/C12H18F3N5O/c1-4-20(7-11(21)19(2)3)10-6-8(12(13,14)15)5-9(17-10)18-16/h5-6H,4,7,16H2,1-3H3,(H,17,18). The molecule has 1 rings (SSSR count). The van der Waals surface area contributed by atoms with Crippen molar-refractivity contribution in [3.05, 3.63) is 17.7 Å². The second-order valence-electron chi connectivity index (χ2n) is 4.54. The molecule has 0 saturated carbocycles. The van der Waals surface area contributed by atoms with E-state index in [2.05, 4.69) is 10.4 Å². The molecule has 3 N–H and O–H groups in total. The Morgan fingerprint density at radius 2 is 2.00 bits per heavy atom. The lowest BCUT2D eigenvalue weighted by Crippen LogP contribution is -2.37. The number of hydrazine groups is 1. The van der Waals surface area contributed by atoms with E-state index in [1.807, 2.05) is 0 Å². The Bertz CT molecular complexity index is 504. The number of aromatic nitrogens is 1. The Morgan fingerprint density at radius 1 is 1.38 bits per heavy atom. The zero-order valence-corrected chi connectivity index (χ0v) is 12.0. The summed E-state index contributed by atoms with van der Waals surface area (Å²) < 4.78 is 38.6. The van der Waals surface area contributed by atoms with Gasteiger partial charge in [-0.15, -0.1) is 0 Å². The summed E-state index contributed by atoms with van der Waals surface area (Å²) in [6.45, 7) is 1.99. The van der Waals surface area contributed by atoms with Crippen molar-refractivity contribution in [3.8, 4) is 0 Å². The monoisotopic (exact) mass is 305 g/mol. The summed E-state index contributed by atoms with van der Waals surface area (Å²) in [7, 11) is 3.14. The lowest BCUT2D eigenvalue weighted by Gasteiger charge is -2.24. The Morgan fingerprint density at radius 3 is 2.43 bits per heavy atom. The molecule has 21 heavy (non-hydrogen) atoms. The van der Waals surface area contributed by atoms with Crippen LogP contribution in [0.15, 0.2) is 12.1 Å². The molecule has 0 spiro atoms. The fourth-order valence-electron chi connectivity index (χ4n) is 1.58. The first-order valence-corrected chi connectivity index (χ1v) is 6.20. The van der Waals surface area contributed by atoms with Gasteiger partial charge in [0.15, 0.2) is 0 Å². The molecule has 0 aliphatic heterocycles. The number of pyridine rings is 1. The van der Waals surface area contributed by atoms with Crippen LogP contribution in [-0.4, -0.2) is 43.0 Å². The van der Waals surface area contributed by atoms with Crippen molar-refractivity contribution >= 4 is 17.5 Å². The maximum absolute atomic E-state index is 12.9. The number of anilines is 2. The average molecular weight is 305 g/mol. The van der Waals surface area contributed by atoms with E-state index in [1.165, 1.54) is 9.80 Å². The van der Waals surface area contributed by atoms with Gasteiger partial charge in [-0.25, -0.2) is 10.8 Å². The highest BCUT2D eigenvalue weighted by Gasteiger charge is 2.32. The Balaban J connectivity index is 3.17. The van der Waals surface area contributed by atoms with Crippen LogP contribution < -0.4 is 16.2 Å². The molecule has 0 aromatic carbocycles. The molecule has 0 unspecified atom stereocenters. The molecule has 1 amide bonds. The number of nitrogens with one attached hydrogen (secondary N) is 1. The van der Waals surface area contributed by atoms with Crippen LogP contribution in [0.2, 0.25) is 0 Å². The molecule has 0 bridgehead atoms. The van der Waals surface area contributed by atoms with Crippen LogP contribution in [0.5, 0.6) is 0 Å². The summed E-state index contributed by atoms with van der Waals surface area (Å²) in [5.41, 5.74) is 1.22. The number of rotatable bonds is 5. The third-order valence-corrected chi connectivity index (χ3v) is 2.82. The molecule has 0 atom stereocenters. The van der Waals surface area contributed by atoms with Crippen LogP contribution in [0, 0.1) is 0 Å². The van der Waals surface area contributed by atoms with Gasteiger partial charge in [0.2, 0.25) is 5.91 Å². The van der Waals surface area contributed by atoms with E-state index < -0.39 is 11.7 Å². The highest BCUT2D eigenvalue weighted by molar-refractivity contribution is 5.80. The summed E-state index contributed by atoms with van der Waals surface area (Å²) in [5.74, 6) is 4.83. The maximum Gasteiger partial charge on any atom is 0.416 e. The van der Waals surface area contributed by atoms with Crippen molar-refractivity contribution in [2.75, 3.05) is 37.5 Å². The Kier molecular flexibility index (Phi) is 5.36. The van der Waals surface area contributed by atoms with Gasteiger partial charge in [-0.2, -0.15) is 13.2 Å². The normalized spacial score (nSPS) is 11.2. The SMILES string of the molecule is CCN(CC(=O)N(C)C)c1cc(C(F)(F)F)cc(NN)n1. The van der Waals surface area contributed by atoms with Crippen molar-refractivity contribution in [2.24, 2.45) is 5.84 Å². The quantitative estimate of drug-likeness (QED) is 0.633. The molecule has 6 nitrogen and oxygen atoms in total. The number of hydrogen-bond donors (Lipinski definition) is 2. The molecule has 1 heterocycles. The van der Waals surface area contributed by atoms with Crippen LogP contribution >= 0.6 is 0 Å². The second kappa shape index (κ2) is 6.61. The van der Waals surface area contributed by atoms with E-state index >= 15 is 0 Å². The molecule has 0 fully saturated rings. The molecule has 0 radical (unpaired) electrons. The minimum atomic E-state index is -4.52. The second-order valence-corrected chi connectivity index (χ2v) is 4.54. The minimum Gasteiger partial charge on any atom is -0.347 e. The van der Waals surface area contributed by atoms with Crippen LogP contribution in [-0.2, 0) is 11.0 Å². The molecule has 0 saturated heterocycles. The molecule has 118 valence electrons. The number of hydrogen-bond acceptors (Lipinski definition) is 5. The molecule has 1 aromatic heterocycles. The fourth-order valence-corrected chi connectivity index (χ4v) is 1.58. The minimum absolute atomic E-state index is 0.0375. The topological polar surface area (TPSA) is 74.5 Å². The number of nitrogen functional groups attached to an aromatic ring is 1. The number of carbonyl (C=O) groups is 1. The van der Waals surface area contributed by atoms with Gasteiger partial charge in [-0.3, -0.25) is 4.79 Å². The number of halogens is 3.